The number of urea groups is 1. The van der Waals surface area contributed by atoms with Crippen LogP contribution < -0.4 is 21.7 Å². The molecule has 2 amide bonds. The lowest BCUT2D eigenvalue weighted by Crippen LogP contribution is -2.32. The van der Waals surface area contributed by atoms with Gasteiger partial charge in [-0.1, -0.05) is 0 Å². The third-order valence-electron chi connectivity index (χ3n) is 4.32. The summed E-state index contributed by atoms with van der Waals surface area (Å²) in [4.78, 5) is 20.9. The molecule has 0 atom stereocenters. The minimum atomic E-state index is -0.379. The number of nitrogens with zero attached hydrogens (tertiary/aromatic N) is 2. The number of carbonyl (C=O) groups is 1. The van der Waals surface area contributed by atoms with Gasteiger partial charge in [-0.15, -0.1) is 0 Å². The summed E-state index contributed by atoms with van der Waals surface area (Å²) >= 11 is 0.813. The molecule has 0 spiro atoms. The first-order valence-electron chi connectivity index (χ1n) is 9.02. The Hall–Kier alpha value is -2.40. The average molecular weight is 404 g/mol. The van der Waals surface area contributed by atoms with Gasteiger partial charge in [0, 0.05) is 49.0 Å². The Balaban J connectivity index is 1.81. The van der Waals surface area contributed by atoms with E-state index in [1.807, 2.05) is 18.2 Å². The Kier molecular flexibility index (Phi) is 6.68. The molecule has 1 aliphatic rings. The molecule has 1 aliphatic carbocycles. The van der Waals surface area contributed by atoms with E-state index in [-0.39, 0.29) is 17.4 Å². The van der Waals surface area contributed by atoms with Gasteiger partial charge >= 0.3 is 6.03 Å². The number of anilines is 2. The summed E-state index contributed by atoms with van der Waals surface area (Å²) in [6.07, 6.45) is 1.70. The summed E-state index contributed by atoms with van der Waals surface area (Å²) in [5.74, 6) is 1.11. The van der Waals surface area contributed by atoms with Gasteiger partial charge in [-0.3, -0.25) is 0 Å². The van der Waals surface area contributed by atoms with Crippen molar-refractivity contribution in [2.75, 3.05) is 36.9 Å². The molecule has 0 aliphatic heterocycles. The SMILES string of the molecule is NCCNC(=O)Nc1ccc(-c2nc(NCCO)cc(C3(SO)CC3)n2)cc1. The number of aliphatic hydroxyl groups is 1. The van der Waals surface area contributed by atoms with Crippen molar-refractivity contribution in [3.8, 4) is 11.4 Å². The van der Waals surface area contributed by atoms with E-state index in [2.05, 4.69) is 25.9 Å². The smallest absolute Gasteiger partial charge is 0.319 e. The number of nitrogens with one attached hydrogen (secondary N) is 3. The summed E-state index contributed by atoms with van der Waals surface area (Å²) in [7, 11) is 0. The number of hydrogen-bond acceptors (Lipinski definition) is 8. The summed E-state index contributed by atoms with van der Waals surface area (Å²) in [5.41, 5.74) is 7.53. The predicted molar refractivity (Wildman–Crippen MR) is 110 cm³/mol. The van der Waals surface area contributed by atoms with Gasteiger partial charge in [-0.05, 0) is 37.1 Å². The van der Waals surface area contributed by atoms with Crippen LogP contribution in [0.1, 0.15) is 18.5 Å². The van der Waals surface area contributed by atoms with Gasteiger partial charge in [-0.2, -0.15) is 0 Å². The van der Waals surface area contributed by atoms with Crippen molar-refractivity contribution in [2.24, 2.45) is 5.73 Å². The van der Waals surface area contributed by atoms with Gasteiger partial charge < -0.3 is 31.3 Å². The van der Waals surface area contributed by atoms with Gasteiger partial charge in [0.25, 0.3) is 0 Å². The maximum absolute atomic E-state index is 11.7. The number of benzene rings is 1. The lowest BCUT2D eigenvalue weighted by molar-refractivity contribution is 0.252. The van der Waals surface area contributed by atoms with Gasteiger partial charge in [0.15, 0.2) is 5.82 Å². The number of carbonyl (C=O) groups excluding carboxylic acids is 1. The number of nitrogens with two attached hydrogens (primary N) is 1. The fourth-order valence-corrected chi connectivity index (χ4v) is 3.14. The van der Waals surface area contributed by atoms with Crippen molar-refractivity contribution in [2.45, 2.75) is 17.6 Å². The summed E-state index contributed by atoms with van der Waals surface area (Å²) in [6, 6.07) is 8.66. The van der Waals surface area contributed by atoms with E-state index in [4.69, 9.17) is 10.8 Å². The molecular formula is C18H24N6O3S. The number of aromatic nitrogens is 2. The number of aliphatic hydroxyl groups excluding tert-OH is 1. The van der Waals surface area contributed by atoms with Gasteiger partial charge in [0.2, 0.25) is 0 Å². The van der Waals surface area contributed by atoms with Gasteiger partial charge in [0.05, 0.1) is 17.0 Å². The van der Waals surface area contributed by atoms with Crippen LogP contribution in [0.3, 0.4) is 0 Å². The number of amides is 2. The fourth-order valence-electron chi connectivity index (χ4n) is 2.66. The molecule has 150 valence electrons. The van der Waals surface area contributed by atoms with Crippen LogP contribution in [0.5, 0.6) is 0 Å². The van der Waals surface area contributed by atoms with Crippen LogP contribution >= 0.6 is 12.0 Å². The van der Waals surface area contributed by atoms with Crippen LogP contribution in [0.15, 0.2) is 30.3 Å². The highest BCUT2D eigenvalue weighted by Crippen LogP contribution is 2.55. The molecule has 7 N–H and O–H groups in total. The van der Waals surface area contributed by atoms with Crippen molar-refractivity contribution < 1.29 is 14.5 Å². The second-order valence-corrected chi connectivity index (χ2v) is 7.41. The Bertz CT molecular complexity index is 813. The Morgan fingerprint density at radius 2 is 1.96 bits per heavy atom. The lowest BCUT2D eigenvalue weighted by atomic mass is 10.1. The zero-order chi connectivity index (χ0) is 20.0. The molecule has 1 saturated carbocycles. The van der Waals surface area contributed by atoms with Crippen LogP contribution in [0.4, 0.5) is 16.3 Å². The first kappa shape index (κ1) is 20.3. The van der Waals surface area contributed by atoms with E-state index < -0.39 is 0 Å². The molecule has 1 fully saturated rings. The standard InChI is InChI=1S/C18H24N6O3S/c19-7-8-21-17(26)22-13-3-1-12(2-4-13)16-23-14(18(28-27)5-6-18)11-15(24-16)20-9-10-25/h1-4,11,25,27H,5-10,19H2,(H,20,23,24)(H2,21,22,26). The number of rotatable bonds is 9. The molecule has 28 heavy (non-hydrogen) atoms. The quantitative estimate of drug-likeness (QED) is 0.347. The normalized spacial score (nSPS) is 14.4. The molecule has 2 aromatic rings. The zero-order valence-electron chi connectivity index (χ0n) is 15.3. The fraction of sp³-hybridized carbons (Fsp3) is 0.389. The maximum atomic E-state index is 11.7. The van der Waals surface area contributed by atoms with Crippen molar-refractivity contribution in [1.29, 1.82) is 0 Å². The van der Waals surface area contributed by atoms with Crippen molar-refractivity contribution >= 4 is 29.6 Å². The van der Waals surface area contributed by atoms with E-state index in [0.29, 0.717) is 37.0 Å². The van der Waals surface area contributed by atoms with Crippen molar-refractivity contribution in [1.82, 2.24) is 15.3 Å². The second-order valence-electron chi connectivity index (χ2n) is 6.44. The molecule has 0 radical (unpaired) electrons. The molecule has 0 saturated heterocycles. The summed E-state index contributed by atoms with van der Waals surface area (Å²) in [5, 5.41) is 17.5. The van der Waals surface area contributed by atoms with Crippen LogP contribution in [-0.2, 0) is 4.75 Å². The van der Waals surface area contributed by atoms with Crippen LogP contribution in [0.25, 0.3) is 11.4 Å². The predicted octanol–water partition coefficient (Wildman–Crippen LogP) is 1.82. The van der Waals surface area contributed by atoms with E-state index in [1.54, 1.807) is 12.1 Å². The van der Waals surface area contributed by atoms with Gasteiger partial charge in [0.1, 0.15) is 5.82 Å². The topological polar surface area (TPSA) is 145 Å². The van der Waals surface area contributed by atoms with Crippen LogP contribution in [-0.4, -0.2) is 51.9 Å². The molecule has 9 nitrogen and oxygen atoms in total. The van der Waals surface area contributed by atoms with E-state index >= 15 is 0 Å². The summed E-state index contributed by atoms with van der Waals surface area (Å²) in [6.45, 7) is 1.14. The van der Waals surface area contributed by atoms with Crippen molar-refractivity contribution in [3.63, 3.8) is 0 Å². The molecule has 1 heterocycles. The highest BCUT2D eigenvalue weighted by Gasteiger charge is 2.47. The Labute approximate surface area is 167 Å². The second kappa shape index (κ2) is 9.20. The molecule has 1 aromatic carbocycles. The largest absolute Gasteiger partial charge is 0.395 e. The Morgan fingerprint density at radius 1 is 1.21 bits per heavy atom. The maximum Gasteiger partial charge on any atom is 0.319 e. The third-order valence-corrected chi connectivity index (χ3v) is 5.29. The zero-order valence-corrected chi connectivity index (χ0v) is 16.1. The highest BCUT2D eigenvalue weighted by molar-refractivity contribution is 7.95. The van der Waals surface area contributed by atoms with Crippen LogP contribution in [0.2, 0.25) is 0 Å². The average Bonchev–Trinajstić information content (AvgIpc) is 3.52. The first-order chi connectivity index (χ1) is 13.6. The molecule has 0 unspecified atom stereocenters. The third kappa shape index (κ3) is 4.90. The molecular weight excluding hydrogens is 380 g/mol. The lowest BCUT2D eigenvalue weighted by Gasteiger charge is -2.14. The Morgan fingerprint density at radius 3 is 2.57 bits per heavy atom. The number of hydrogen-bond donors (Lipinski definition) is 6. The molecule has 3 rings (SSSR count). The molecule has 1 aromatic heterocycles. The minimum absolute atomic E-state index is 0.0127. The monoisotopic (exact) mass is 404 g/mol. The molecule has 0 bridgehead atoms. The van der Waals surface area contributed by atoms with E-state index in [0.717, 1.165) is 36.1 Å². The van der Waals surface area contributed by atoms with E-state index in [9.17, 15) is 9.35 Å². The van der Waals surface area contributed by atoms with Crippen LogP contribution in [0, 0.1) is 0 Å². The minimum Gasteiger partial charge on any atom is -0.395 e. The van der Waals surface area contributed by atoms with Crippen molar-refractivity contribution in [3.05, 3.63) is 36.0 Å². The molecule has 10 heteroatoms. The first-order valence-corrected chi connectivity index (χ1v) is 9.80. The highest BCUT2D eigenvalue weighted by atomic mass is 32.2. The summed E-state index contributed by atoms with van der Waals surface area (Å²) < 4.78 is 9.28. The van der Waals surface area contributed by atoms with Gasteiger partial charge in [-0.25, -0.2) is 14.8 Å². The van der Waals surface area contributed by atoms with E-state index in [1.165, 1.54) is 0 Å².